The third kappa shape index (κ3) is 7.22. The first-order valence-electron chi connectivity index (χ1n) is 6.44. The van der Waals surface area contributed by atoms with E-state index in [-0.39, 0.29) is 6.03 Å². The Bertz CT molecular complexity index is 481. The second-order valence-electron chi connectivity index (χ2n) is 4.08. The van der Waals surface area contributed by atoms with Gasteiger partial charge in [-0.2, -0.15) is 0 Å². The molecule has 0 heterocycles. The maximum Gasteiger partial charge on any atom is 0.319 e. The van der Waals surface area contributed by atoms with Crippen molar-refractivity contribution in [3.63, 3.8) is 0 Å². The molecule has 20 heavy (non-hydrogen) atoms. The van der Waals surface area contributed by atoms with Gasteiger partial charge in [-0.25, -0.2) is 4.79 Å². The molecule has 1 aromatic rings. The lowest BCUT2D eigenvalue weighted by molar-refractivity contribution is 0.252. The fourth-order valence-electron chi connectivity index (χ4n) is 1.44. The van der Waals surface area contributed by atoms with Gasteiger partial charge in [0.1, 0.15) is 0 Å². The summed E-state index contributed by atoms with van der Waals surface area (Å²) in [6.07, 6.45) is 7.33. The van der Waals surface area contributed by atoms with Crippen LogP contribution in [0.3, 0.4) is 0 Å². The monoisotopic (exact) mass is 312 g/mol. The van der Waals surface area contributed by atoms with E-state index >= 15 is 0 Å². The molecule has 0 unspecified atom stereocenters. The summed E-state index contributed by atoms with van der Waals surface area (Å²) in [6, 6.07) is 6.70. The van der Waals surface area contributed by atoms with Crippen LogP contribution in [-0.4, -0.2) is 12.6 Å². The van der Waals surface area contributed by atoms with Gasteiger partial charge in [-0.05, 0) is 43.2 Å². The largest absolute Gasteiger partial charge is 0.338 e. The van der Waals surface area contributed by atoms with Crippen molar-refractivity contribution in [2.75, 3.05) is 11.9 Å². The molecule has 0 saturated carbocycles. The van der Waals surface area contributed by atoms with Crippen LogP contribution < -0.4 is 10.6 Å². The first kappa shape index (κ1) is 16.6. The molecular formula is C15H18Cl2N2O. The number of benzene rings is 1. The smallest absolute Gasteiger partial charge is 0.319 e. The number of rotatable bonds is 6. The third-order valence-corrected chi connectivity index (χ3v) is 2.91. The van der Waals surface area contributed by atoms with Gasteiger partial charge in [0.25, 0.3) is 0 Å². The SMILES string of the molecule is CC/C=C(Cl)\C=C/CCNC(=O)Nc1ccc(Cl)cc1. The standard InChI is InChI=1S/C15H18Cl2N2O/c1-2-5-12(16)6-3-4-11-18-15(20)19-14-9-7-13(17)8-10-14/h3,5-10H,2,4,11H2,1H3,(H2,18,19,20)/b6-3-,12-5+. The number of carbonyl (C=O) groups is 1. The number of halogens is 2. The van der Waals surface area contributed by atoms with E-state index in [0.717, 1.165) is 17.9 Å². The predicted octanol–water partition coefficient (Wildman–Crippen LogP) is 4.94. The van der Waals surface area contributed by atoms with Crippen LogP contribution in [0.2, 0.25) is 5.02 Å². The van der Waals surface area contributed by atoms with Crippen LogP contribution in [0.25, 0.3) is 0 Å². The lowest BCUT2D eigenvalue weighted by atomic mass is 10.3. The van der Waals surface area contributed by atoms with E-state index in [2.05, 4.69) is 10.6 Å². The molecule has 3 nitrogen and oxygen atoms in total. The summed E-state index contributed by atoms with van der Waals surface area (Å²) in [4.78, 5) is 11.6. The van der Waals surface area contributed by atoms with Crippen LogP contribution in [0.15, 0.2) is 47.5 Å². The molecule has 0 radical (unpaired) electrons. The topological polar surface area (TPSA) is 41.1 Å². The van der Waals surface area contributed by atoms with Crippen molar-refractivity contribution in [2.24, 2.45) is 0 Å². The van der Waals surface area contributed by atoms with Crippen molar-refractivity contribution < 1.29 is 4.79 Å². The van der Waals surface area contributed by atoms with Crippen LogP contribution >= 0.6 is 23.2 Å². The lowest BCUT2D eigenvalue weighted by Gasteiger charge is -2.06. The van der Waals surface area contributed by atoms with E-state index in [0.29, 0.717) is 17.3 Å². The first-order chi connectivity index (χ1) is 9.61. The highest BCUT2D eigenvalue weighted by atomic mass is 35.5. The summed E-state index contributed by atoms with van der Waals surface area (Å²) < 4.78 is 0. The van der Waals surface area contributed by atoms with Crippen molar-refractivity contribution >= 4 is 34.9 Å². The maximum atomic E-state index is 11.6. The van der Waals surface area contributed by atoms with Gasteiger partial charge in [-0.3, -0.25) is 0 Å². The minimum absolute atomic E-state index is 0.240. The van der Waals surface area contributed by atoms with Crippen molar-refractivity contribution in [3.05, 3.63) is 52.5 Å². The van der Waals surface area contributed by atoms with Crippen LogP contribution in [0.1, 0.15) is 19.8 Å². The van der Waals surface area contributed by atoms with E-state index < -0.39 is 0 Å². The zero-order chi connectivity index (χ0) is 14.8. The maximum absolute atomic E-state index is 11.6. The van der Waals surface area contributed by atoms with E-state index in [1.807, 2.05) is 25.2 Å². The van der Waals surface area contributed by atoms with Gasteiger partial charge in [0.2, 0.25) is 0 Å². The average molecular weight is 313 g/mol. The highest BCUT2D eigenvalue weighted by Gasteiger charge is 1.99. The van der Waals surface area contributed by atoms with Gasteiger partial charge in [-0.15, -0.1) is 0 Å². The summed E-state index contributed by atoms with van der Waals surface area (Å²) in [6.45, 7) is 2.57. The molecule has 0 aliphatic carbocycles. The zero-order valence-electron chi connectivity index (χ0n) is 11.3. The van der Waals surface area contributed by atoms with Gasteiger partial charge in [0.15, 0.2) is 0 Å². The van der Waals surface area contributed by atoms with Gasteiger partial charge in [0.05, 0.1) is 0 Å². The second kappa shape index (κ2) is 9.45. The Balaban J connectivity index is 2.24. The molecule has 0 fully saturated rings. The molecule has 0 atom stereocenters. The summed E-state index contributed by atoms with van der Waals surface area (Å²) >= 11 is 11.7. The molecule has 0 spiro atoms. The first-order valence-corrected chi connectivity index (χ1v) is 7.20. The minimum Gasteiger partial charge on any atom is -0.338 e. The van der Waals surface area contributed by atoms with Crippen molar-refractivity contribution in [3.8, 4) is 0 Å². The Kier molecular flexibility index (Phi) is 7.85. The van der Waals surface area contributed by atoms with Crippen LogP contribution in [-0.2, 0) is 0 Å². The van der Waals surface area contributed by atoms with E-state index in [9.17, 15) is 4.79 Å². The van der Waals surface area contributed by atoms with Gasteiger partial charge < -0.3 is 10.6 Å². The number of urea groups is 1. The molecule has 2 N–H and O–H groups in total. The van der Waals surface area contributed by atoms with Gasteiger partial charge in [-0.1, -0.05) is 42.3 Å². The molecule has 108 valence electrons. The summed E-state index contributed by atoms with van der Waals surface area (Å²) in [7, 11) is 0. The number of amides is 2. The molecule has 0 saturated heterocycles. The highest BCUT2D eigenvalue weighted by Crippen LogP contribution is 2.13. The molecule has 0 bridgehead atoms. The number of carbonyl (C=O) groups excluding carboxylic acids is 1. The molecule has 0 aromatic heterocycles. The molecule has 0 aliphatic rings. The normalized spacial score (nSPS) is 11.7. The average Bonchev–Trinajstić information content (AvgIpc) is 2.41. The van der Waals surface area contributed by atoms with E-state index in [1.54, 1.807) is 24.3 Å². The molecule has 1 aromatic carbocycles. The molecular weight excluding hydrogens is 295 g/mol. The van der Waals surface area contributed by atoms with Crippen molar-refractivity contribution in [2.45, 2.75) is 19.8 Å². The highest BCUT2D eigenvalue weighted by molar-refractivity contribution is 6.31. The van der Waals surface area contributed by atoms with Crippen LogP contribution in [0.5, 0.6) is 0 Å². The molecule has 1 rings (SSSR count). The molecule has 5 heteroatoms. The Hall–Kier alpha value is -1.45. The molecule has 0 aliphatic heterocycles. The van der Waals surface area contributed by atoms with Crippen LogP contribution in [0, 0.1) is 0 Å². The predicted molar refractivity (Wildman–Crippen MR) is 86.5 cm³/mol. The van der Waals surface area contributed by atoms with Gasteiger partial charge >= 0.3 is 6.03 Å². The number of hydrogen-bond acceptors (Lipinski definition) is 1. The van der Waals surface area contributed by atoms with E-state index in [1.165, 1.54) is 0 Å². The summed E-state index contributed by atoms with van der Waals surface area (Å²) in [5.74, 6) is 0. The number of anilines is 1. The summed E-state index contributed by atoms with van der Waals surface area (Å²) in [5.41, 5.74) is 0.705. The molecule has 2 amide bonds. The van der Waals surface area contributed by atoms with Crippen LogP contribution in [0.4, 0.5) is 10.5 Å². The number of nitrogens with one attached hydrogen (secondary N) is 2. The Morgan fingerprint density at radius 1 is 1.30 bits per heavy atom. The Labute approximate surface area is 129 Å². The second-order valence-corrected chi connectivity index (χ2v) is 4.95. The van der Waals surface area contributed by atoms with Crippen molar-refractivity contribution in [1.82, 2.24) is 5.32 Å². The Morgan fingerprint density at radius 2 is 2.00 bits per heavy atom. The number of allylic oxidation sites excluding steroid dienone is 3. The number of hydrogen-bond donors (Lipinski definition) is 2. The Morgan fingerprint density at radius 3 is 2.65 bits per heavy atom. The minimum atomic E-state index is -0.240. The third-order valence-electron chi connectivity index (χ3n) is 2.37. The fourth-order valence-corrected chi connectivity index (χ4v) is 1.81. The van der Waals surface area contributed by atoms with Crippen molar-refractivity contribution in [1.29, 1.82) is 0 Å². The van der Waals surface area contributed by atoms with Gasteiger partial charge in [0, 0.05) is 22.3 Å². The quantitative estimate of drug-likeness (QED) is 0.567. The zero-order valence-corrected chi connectivity index (χ0v) is 12.8. The van der Waals surface area contributed by atoms with E-state index in [4.69, 9.17) is 23.2 Å². The lowest BCUT2D eigenvalue weighted by Crippen LogP contribution is -2.29. The fraction of sp³-hybridized carbons (Fsp3) is 0.267. The summed E-state index contributed by atoms with van der Waals surface area (Å²) in [5, 5.41) is 6.83.